The maximum absolute atomic E-state index is 13.1. The highest BCUT2D eigenvalue weighted by molar-refractivity contribution is 7.29. The average molecular weight is 489 g/mol. The van der Waals surface area contributed by atoms with Gasteiger partial charge in [-0.1, -0.05) is 0 Å². The number of likely N-dealkylation sites (N-methyl/N-ethyl adjacent to an activating group) is 1. The molecule has 7 nitrogen and oxygen atoms in total. The number of carbonyl (C=O) groups is 1. The standard InChI is InChI=1S/C24H34N4O3P2/c1-14-11-27(12-15(2)26(14)3)21-9-18(31-5)10-22(25-21)28-13-16(6-23(28)29)24-19(32)7-17(30-4)8-20(24)33/h7-10,14-16H,6,11-13,32-33H2,1-5H3/t14-,15+,16-/m0/s1. The highest BCUT2D eigenvalue weighted by atomic mass is 31.0. The fraction of sp³-hybridized carbons (Fsp3) is 0.500. The van der Waals surface area contributed by atoms with E-state index in [9.17, 15) is 4.79 Å². The van der Waals surface area contributed by atoms with Crippen LogP contribution in [0.3, 0.4) is 0 Å². The number of hydrogen-bond acceptors (Lipinski definition) is 6. The van der Waals surface area contributed by atoms with Crippen LogP contribution in [0, 0.1) is 0 Å². The summed E-state index contributed by atoms with van der Waals surface area (Å²) >= 11 is 0. The monoisotopic (exact) mass is 488 g/mol. The maximum Gasteiger partial charge on any atom is 0.228 e. The normalized spacial score (nSPS) is 23.8. The van der Waals surface area contributed by atoms with Crippen molar-refractivity contribution in [3.05, 3.63) is 29.8 Å². The summed E-state index contributed by atoms with van der Waals surface area (Å²) in [6.45, 7) is 6.82. The molecule has 0 N–H and O–H groups in total. The van der Waals surface area contributed by atoms with Crippen LogP contribution in [0.5, 0.6) is 11.5 Å². The van der Waals surface area contributed by atoms with Crippen LogP contribution in [-0.2, 0) is 4.79 Å². The average Bonchev–Trinajstić information content (AvgIpc) is 3.17. The SMILES string of the molecule is COc1cc(N2C[C@@H](C)N(C)[C@@H](C)C2)nc(N2C[C@@H](c3c(P)cc(OC)cc3P)CC2=O)c1. The summed E-state index contributed by atoms with van der Waals surface area (Å²) in [6.07, 6.45) is 0.450. The van der Waals surface area contributed by atoms with Crippen molar-refractivity contribution in [2.75, 3.05) is 50.7 Å². The predicted molar refractivity (Wildman–Crippen MR) is 141 cm³/mol. The molecule has 2 saturated heterocycles. The van der Waals surface area contributed by atoms with Crippen molar-refractivity contribution in [3.8, 4) is 11.5 Å². The lowest BCUT2D eigenvalue weighted by Crippen LogP contribution is -2.55. The van der Waals surface area contributed by atoms with E-state index in [1.54, 1.807) is 19.1 Å². The molecule has 5 atom stereocenters. The molecule has 2 fully saturated rings. The van der Waals surface area contributed by atoms with Gasteiger partial charge in [0.25, 0.3) is 0 Å². The molecule has 178 valence electrons. The van der Waals surface area contributed by atoms with Gasteiger partial charge in [0.1, 0.15) is 23.1 Å². The largest absolute Gasteiger partial charge is 0.497 e. The van der Waals surface area contributed by atoms with Crippen LogP contribution in [0.4, 0.5) is 11.6 Å². The Balaban J connectivity index is 1.63. The van der Waals surface area contributed by atoms with Gasteiger partial charge in [0.05, 0.1) is 14.2 Å². The summed E-state index contributed by atoms with van der Waals surface area (Å²) in [5.41, 5.74) is 1.16. The second kappa shape index (κ2) is 9.74. The van der Waals surface area contributed by atoms with E-state index in [0.29, 0.717) is 36.6 Å². The Morgan fingerprint density at radius 1 is 0.909 bits per heavy atom. The molecule has 1 amide bonds. The molecule has 0 spiro atoms. The van der Waals surface area contributed by atoms with Gasteiger partial charge in [0.2, 0.25) is 5.91 Å². The minimum absolute atomic E-state index is 0.0800. The van der Waals surface area contributed by atoms with E-state index in [-0.39, 0.29) is 11.8 Å². The smallest absolute Gasteiger partial charge is 0.228 e. The number of hydrogen-bond donors (Lipinski definition) is 0. The zero-order valence-corrected chi connectivity index (χ0v) is 22.3. The van der Waals surface area contributed by atoms with E-state index < -0.39 is 0 Å². The molecule has 3 heterocycles. The predicted octanol–water partition coefficient (Wildman–Crippen LogP) is 2.15. The van der Waals surface area contributed by atoms with Crippen molar-refractivity contribution >= 4 is 46.6 Å². The van der Waals surface area contributed by atoms with Gasteiger partial charge in [-0.15, -0.1) is 18.5 Å². The van der Waals surface area contributed by atoms with E-state index in [2.05, 4.69) is 49.2 Å². The van der Waals surface area contributed by atoms with Crippen LogP contribution in [0.15, 0.2) is 24.3 Å². The lowest BCUT2D eigenvalue weighted by molar-refractivity contribution is -0.117. The van der Waals surface area contributed by atoms with Crippen LogP contribution in [0.2, 0.25) is 0 Å². The Morgan fingerprint density at radius 3 is 2.03 bits per heavy atom. The lowest BCUT2D eigenvalue weighted by Gasteiger charge is -2.43. The number of carbonyl (C=O) groups excluding carboxylic acids is 1. The van der Waals surface area contributed by atoms with Crippen molar-refractivity contribution in [1.29, 1.82) is 0 Å². The van der Waals surface area contributed by atoms with Crippen LogP contribution in [0.25, 0.3) is 0 Å². The summed E-state index contributed by atoms with van der Waals surface area (Å²) < 4.78 is 11.0. The number of ether oxygens (including phenoxy) is 2. The number of methoxy groups -OCH3 is 2. The third-order valence-corrected chi connectivity index (χ3v) is 7.91. The zero-order chi connectivity index (χ0) is 23.9. The number of benzene rings is 1. The number of aromatic nitrogens is 1. The van der Waals surface area contributed by atoms with E-state index in [4.69, 9.17) is 14.5 Å². The second-order valence-corrected chi connectivity index (χ2v) is 10.4. The molecule has 2 unspecified atom stereocenters. The third-order valence-electron chi connectivity index (χ3n) is 6.95. The Morgan fingerprint density at radius 2 is 1.45 bits per heavy atom. The molecular formula is C24H34N4O3P2. The second-order valence-electron chi connectivity index (χ2n) is 9.12. The molecule has 9 heteroatoms. The number of nitrogens with zero attached hydrogens (tertiary/aromatic N) is 4. The first kappa shape index (κ1) is 24.2. The summed E-state index contributed by atoms with van der Waals surface area (Å²) in [5.74, 6) is 3.20. The van der Waals surface area contributed by atoms with Crippen LogP contribution < -0.4 is 29.9 Å². The van der Waals surface area contributed by atoms with Gasteiger partial charge >= 0.3 is 0 Å². The number of piperazine rings is 1. The van der Waals surface area contributed by atoms with Gasteiger partial charge in [-0.3, -0.25) is 14.6 Å². The molecule has 2 aromatic rings. The fourth-order valence-corrected chi connectivity index (χ4v) is 6.17. The van der Waals surface area contributed by atoms with Crippen molar-refractivity contribution in [2.24, 2.45) is 0 Å². The number of rotatable bonds is 5. The molecule has 2 aliphatic heterocycles. The summed E-state index contributed by atoms with van der Waals surface area (Å²) in [6, 6.07) is 8.66. The molecule has 1 aromatic heterocycles. The summed E-state index contributed by atoms with van der Waals surface area (Å²) in [7, 11) is 11.1. The number of anilines is 2. The van der Waals surface area contributed by atoms with Gasteiger partial charge in [0.15, 0.2) is 0 Å². The Kier molecular flexibility index (Phi) is 7.14. The molecular weight excluding hydrogens is 454 g/mol. The molecule has 0 aliphatic carbocycles. The third kappa shape index (κ3) is 4.82. The van der Waals surface area contributed by atoms with Gasteiger partial charge < -0.3 is 14.4 Å². The minimum Gasteiger partial charge on any atom is -0.497 e. The van der Waals surface area contributed by atoms with Crippen molar-refractivity contribution in [2.45, 2.75) is 38.3 Å². The van der Waals surface area contributed by atoms with Crippen molar-refractivity contribution in [3.63, 3.8) is 0 Å². The Labute approximate surface area is 201 Å². The lowest BCUT2D eigenvalue weighted by atomic mass is 9.98. The van der Waals surface area contributed by atoms with Crippen LogP contribution in [-0.4, -0.2) is 68.8 Å². The van der Waals surface area contributed by atoms with E-state index in [1.165, 1.54) is 0 Å². The van der Waals surface area contributed by atoms with Gasteiger partial charge in [-0.05, 0) is 49.2 Å². The molecule has 0 saturated carbocycles. The maximum atomic E-state index is 13.1. The minimum atomic E-state index is 0.0800. The van der Waals surface area contributed by atoms with Crippen molar-refractivity contribution in [1.82, 2.24) is 9.88 Å². The summed E-state index contributed by atoms with van der Waals surface area (Å²) in [4.78, 5) is 24.5. The number of amides is 1. The quantitative estimate of drug-likeness (QED) is 0.602. The topological polar surface area (TPSA) is 58.1 Å². The zero-order valence-electron chi connectivity index (χ0n) is 20.0. The first-order valence-electron chi connectivity index (χ1n) is 11.3. The molecule has 2 aliphatic rings. The highest BCUT2D eigenvalue weighted by Crippen LogP contribution is 2.35. The van der Waals surface area contributed by atoms with Gasteiger partial charge in [0, 0.05) is 56.2 Å². The van der Waals surface area contributed by atoms with E-state index >= 15 is 0 Å². The van der Waals surface area contributed by atoms with Crippen LogP contribution >= 0.6 is 18.5 Å². The van der Waals surface area contributed by atoms with Gasteiger partial charge in [-0.2, -0.15) is 0 Å². The molecule has 0 bridgehead atoms. The first-order chi connectivity index (χ1) is 15.7. The molecule has 33 heavy (non-hydrogen) atoms. The summed E-state index contributed by atoms with van der Waals surface area (Å²) in [5, 5.41) is 2.11. The Bertz CT molecular complexity index is 1020. The van der Waals surface area contributed by atoms with E-state index in [1.807, 2.05) is 24.3 Å². The molecule has 0 radical (unpaired) electrons. The fourth-order valence-electron chi connectivity index (χ4n) is 4.87. The van der Waals surface area contributed by atoms with Crippen LogP contribution in [0.1, 0.15) is 31.7 Å². The molecule has 4 rings (SSSR count). The van der Waals surface area contributed by atoms with E-state index in [0.717, 1.165) is 40.8 Å². The number of pyridine rings is 1. The van der Waals surface area contributed by atoms with Gasteiger partial charge in [-0.25, -0.2) is 4.98 Å². The Hall–Kier alpha value is -1.94. The highest BCUT2D eigenvalue weighted by Gasteiger charge is 2.35. The van der Waals surface area contributed by atoms with Crippen molar-refractivity contribution < 1.29 is 14.3 Å². The first-order valence-corrected chi connectivity index (χ1v) is 12.4. The molecule has 1 aromatic carbocycles.